The molecule has 559 valence electrons. The zero-order chi connectivity index (χ0) is 75.9. The summed E-state index contributed by atoms with van der Waals surface area (Å²) in [4.78, 5) is 96.9. The van der Waals surface area contributed by atoms with E-state index in [-0.39, 0.29) is 84.5 Å². The summed E-state index contributed by atoms with van der Waals surface area (Å²) >= 11 is 0. The minimum atomic E-state index is -3.45. The molecule has 0 saturated heterocycles. The summed E-state index contributed by atoms with van der Waals surface area (Å²) in [5.74, 6) is -1.74. The molecule has 4 aliphatic rings. The van der Waals surface area contributed by atoms with E-state index in [1.165, 1.54) is 12.5 Å². The molecule has 6 N–H and O–H groups in total. The molecule has 0 aromatic heterocycles. The van der Waals surface area contributed by atoms with Crippen molar-refractivity contribution in [1.29, 1.82) is 0 Å². The summed E-state index contributed by atoms with van der Waals surface area (Å²) < 4.78 is 69.2. The molecular formula is C73H103BN4NaO21P2Si. The number of aldehydes is 1. The first-order valence-electron chi connectivity index (χ1n) is 34.3. The molecule has 3 radical (unpaired) electrons. The van der Waals surface area contributed by atoms with Gasteiger partial charge in [0.25, 0.3) is 0 Å². The first-order chi connectivity index (χ1) is 48.2. The standard InChI is InChI=1S/C31H41N2O7P.C21H30O4Si.C15H23N2O4P.C4H6O4.C2H3BO2.Na/c1-5-25-21(3)27-19-38-31(36)28(27)29(34)26(25)15-14-20(2)18-32-16-17-41(37,40-24-10-7-6-8-11-24)33-22(4)30(35)39-23-12-9-13-23;1-7-16-15(3)18-13-25-21(23)19(18)20(24-10-11-26(4,5)6)17(16)9-8-14(2)12-22;1-12(15(18)20-13-8-5-9-13)17-22(19,11-10-16)21-14-6-3-2-4-7-14;1-3(5)7-8-4(2)6;1-2(4)5-3;/h6-8,10-11,14,22-23,32,34H,5,9,12-13,15-19H2,1-4H3,(H,33,37);8,12H,7,9-11,13H2,1-6H3;2-4,6-7,12-13H,5,8-11,16H2,1H3,(H,17,19);1-2H3;1H3;/q;;;;-1;+1/b20-14+;14-8+;;;;/t22-,41?;;12-,22?;;;/m0.0.../s1. The van der Waals surface area contributed by atoms with E-state index in [4.69, 9.17) is 38.5 Å². The quantitative estimate of drug-likeness (QED) is 0.00310. The zero-order valence-electron chi connectivity index (χ0n) is 62.4. The molecule has 2 aliphatic heterocycles. The number of aromatic hydroxyl groups is 1. The van der Waals surface area contributed by atoms with Crippen molar-refractivity contribution in [2.45, 2.75) is 204 Å². The van der Waals surface area contributed by atoms with Crippen LogP contribution in [-0.4, -0.2) is 132 Å². The first kappa shape index (κ1) is 90.3. The largest absolute Gasteiger partial charge is 1.00 e. The molecule has 4 atom stereocenters. The number of rotatable bonds is 30. The van der Waals surface area contributed by atoms with Gasteiger partial charge in [-0.25, -0.2) is 39.1 Å². The van der Waals surface area contributed by atoms with E-state index in [1.54, 1.807) is 69.3 Å². The number of cyclic esters (lactones) is 2. The number of hydrogen-bond donors (Lipinski definition) is 5. The van der Waals surface area contributed by atoms with Crippen LogP contribution in [0.1, 0.15) is 166 Å². The molecule has 2 fully saturated rings. The minimum absolute atomic E-state index is 0. The van der Waals surface area contributed by atoms with E-state index in [2.05, 4.69) is 64.5 Å². The summed E-state index contributed by atoms with van der Waals surface area (Å²) in [7, 11) is -3.64. The number of phenols is 1. The van der Waals surface area contributed by atoms with Crippen molar-refractivity contribution in [3.05, 3.63) is 140 Å². The summed E-state index contributed by atoms with van der Waals surface area (Å²) in [5.41, 5.74) is 15.9. The van der Waals surface area contributed by atoms with Crippen molar-refractivity contribution in [2.75, 3.05) is 38.6 Å². The van der Waals surface area contributed by atoms with Gasteiger partial charge in [-0.1, -0.05) is 87.6 Å². The van der Waals surface area contributed by atoms with Crippen LogP contribution in [0.15, 0.2) is 84.0 Å². The van der Waals surface area contributed by atoms with Gasteiger partial charge in [0.1, 0.15) is 77.9 Å². The maximum absolute atomic E-state index is 13.8. The van der Waals surface area contributed by atoms with Crippen molar-refractivity contribution in [3.8, 4) is 23.0 Å². The van der Waals surface area contributed by atoms with Crippen LogP contribution in [0.25, 0.3) is 0 Å². The van der Waals surface area contributed by atoms with Crippen LogP contribution in [0, 0.1) is 13.8 Å². The fraction of sp³-hybridized carbons (Fsp3) is 0.507. The smallest absolute Gasteiger partial charge is 0.793 e. The second kappa shape index (κ2) is 44.8. The second-order valence-electron chi connectivity index (χ2n) is 26.1. The Morgan fingerprint density at radius 2 is 1.12 bits per heavy atom. The predicted molar refractivity (Wildman–Crippen MR) is 390 cm³/mol. The predicted octanol–water partition coefficient (Wildman–Crippen LogP) is 8.95. The van der Waals surface area contributed by atoms with E-state index in [9.17, 15) is 52.6 Å². The number of fused-ring (bicyclic) bond motifs is 2. The second-order valence-corrected chi connectivity index (χ2v) is 36.2. The van der Waals surface area contributed by atoms with Gasteiger partial charge in [-0.05, 0) is 164 Å². The summed E-state index contributed by atoms with van der Waals surface area (Å²) in [6, 6.07) is 17.3. The monoisotopic (exact) mass is 1500 g/mol. The summed E-state index contributed by atoms with van der Waals surface area (Å²) in [6.45, 7) is 27.8. The van der Waals surface area contributed by atoms with Crippen molar-refractivity contribution < 1.29 is 129 Å². The number of allylic oxidation sites excluding steroid dienone is 3. The van der Waals surface area contributed by atoms with Gasteiger partial charge in [0.15, 0.2) is 0 Å². The molecule has 0 spiro atoms. The maximum Gasteiger partial charge on any atom is 1.00 e. The molecule has 25 nitrogen and oxygen atoms in total. The van der Waals surface area contributed by atoms with Crippen LogP contribution in [0.4, 0.5) is 0 Å². The van der Waals surface area contributed by atoms with Gasteiger partial charge < -0.3 is 61.6 Å². The van der Waals surface area contributed by atoms with Crippen molar-refractivity contribution in [1.82, 2.24) is 15.5 Å². The Morgan fingerprint density at radius 1 is 0.680 bits per heavy atom. The van der Waals surface area contributed by atoms with Crippen molar-refractivity contribution in [2.24, 2.45) is 5.73 Å². The topological polar surface area (TPSA) is 345 Å². The molecule has 0 bridgehead atoms. The molecule has 8 rings (SSSR count). The average Bonchev–Trinajstić information content (AvgIpc) is 1.69. The molecule has 103 heavy (non-hydrogen) atoms. The molecule has 0 amide bonds. The number of nitrogens with two attached hydrogens (primary N) is 1. The van der Waals surface area contributed by atoms with E-state index < -0.39 is 71.0 Å². The van der Waals surface area contributed by atoms with E-state index in [0.717, 1.165) is 122 Å². The van der Waals surface area contributed by atoms with Crippen LogP contribution in [0.2, 0.25) is 25.7 Å². The van der Waals surface area contributed by atoms with Gasteiger partial charge in [-0.15, -0.1) is 0 Å². The molecule has 4 aromatic carbocycles. The van der Waals surface area contributed by atoms with Crippen LogP contribution in [0.5, 0.6) is 23.0 Å². The van der Waals surface area contributed by atoms with Crippen molar-refractivity contribution >= 4 is 79.2 Å². The van der Waals surface area contributed by atoms with Gasteiger partial charge in [0.2, 0.25) is 5.97 Å². The first-order valence-corrected chi connectivity index (χ1v) is 41.6. The minimum Gasteiger partial charge on any atom is -0.793 e. The molecule has 2 aliphatic carbocycles. The normalized spacial score (nSPS) is 15.4. The number of carbonyl (C=O) groups is 8. The number of hydrogen-bond acceptors (Lipinski definition) is 23. The molecule has 30 heteroatoms. The summed E-state index contributed by atoms with van der Waals surface area (Å²) in [5, 5.41) is 19.9. The molecule has 2 unspecified atom stereocenters. The average molecular weight is 1500 g/mol. The number of esters is 4. The fourth-order valence-electron chi connectivity index (χ4n) is 10.5. The van der Waals surface area contributed by atoms with E-state index in [1.807, 2.05) is 52.0 Å². The van der Waals surface area contributed by atoms with Crippen molar-refractivity contribution in [3.63, 3.8) is 0 Å². The number of para-hydroxylation sites is 2. The number of carbonyl (C=O) groups excluding carboxylic acids is 8. The Morgan fingerprint density at radius 3 is 1.52 bits per heavy atom. The Hall–Kier alpha value is -6.90. The molecule has 2 heterocycles. The third kappa shape index (κ3) is 30.2. The van der Waals surface area contributed by atoms with Crippen LogP contribution in [-0.2, 0) is 110 Å². The van der Waals surface area contributed by atoms with Gasteiger partial charge in [-0.3, -0.25) is 28.3 Å². The Kier molecular flexibility index (Phi) is 39.3. The molecule has 2 saturated carbocycles. The fourth-order valence-corrected chi connectivity index (χ4v) is 14.9. The van der Waals surface area contributed by atoms with E-state index in [0.29, 0.717) is 67.5 Å². The Labute approximate surface area is 630 Å². The van der Waals surface area contributed by atoms with Gasteiger partial charge in [0, 0.05) is 70.7 Å². The SMILES string of the molecule is CC(=O)OOC(C)=O.CCc1c(C)c2c(c(O)c1C/C=C(\C)CNCCP(=O)(N[C@@H](C)C(=O)OC1CCC1)Oc1ccccc1)C(=O)OC2.CCc1c(C)c2c(c(OCC[Si](C)(C)C)c1C/C=C(\C)C=O)C(=O)OC2.C[C@H](NP(=O)(CCN)Oc1ccccc1)C(=O)OC1CCC1.[B-]OC(C)=O.[Na+]. The number of phenolic OH excluding ortho intramolecular Hbond substituents is 1. The molecular weight excluding hydrogens is 1390 g/mol. The Bertz CT molecular complexity index is 3670. The number of ether oxygens (including phenoxy) is 5. The number of nitrogens with one attached hydrogen (secondary N) is 3. The zero-order valence-corrected chi connectivity index (χ0v) is 67.2. The summed E-state index contributed by atoms with van der Waals surface area (Å²) in [6.07, 6.45) is 13.3. The maximum atomic E-state index is 13.8. The third-order valence-electron chi connectivity index (χ3n) is 16.5. The van der Waals surface area contributed by atoms with Crippen LogP contribution >= 0.6 is 15.0 Å². The molecule has 4 aromatic rings. The van der Waals surface area contributed by atoms with Gasteiger partial charge in [0.05, 0.1) is 18.9 Å². The van der Waals surface area contributed by atoms with Crippen LogP contribution < -0.4 is 64.6 Å². The van der Waals surface area contributed by atoms with Crippen LogP contribution in [0.3, 0.4) is 0 Å². The van der Waals surface area contributed by atoms with Gasteiger partial charge >= 0.3 is 80.4 Å². The van der Waals surface area contributed by atoms with E-state index >= 15 is 0 Å². The number of benzene rings is 4. The Balaban J connectivity index is 0.000000383. The van der Waals surface area contributed by atoms with Gasteiger partial charge in [-0.2, -0.15) is 0 Å². The third-order valence-corrected chi connectivity index (χ3v) is 22.5.